The van der Waals surface area contributed by atoms with Crippen LogP contribution in [0.1, 0.15) is 43.8 Å². The molecule has 3 heteroatoms. The van der Waals surface area contributed by atoms with Gasteiger partial charge in [0.25, 0.3) is 0 Å². The van der Waals surface area contributed by atoms with Gasteiger partial charge in [0.05, 0.1) is 29.9 Å². The Morgan fingerprint density at radius 2 is 2.19 bits per heavy atom. The van der Waals surface area contributed by atoms with Crippen molar-refractivity contribution in [3.8, 4) is 0 Å². The van der Waals surface area contributed by atoms with Crippen molar-refractivity contribution in [2.45, 2.75) is 40.2 Å². The Morgan fingerprint density at radius 1 is 1.44 bits per heavy atom. The number of rotatable bonds is 2. The topological polar surface area (TPSA) is 46.0 Å². The number of hydrogen-bond acceptors (Lipinski definition) is 3. The molecule has 0 saturated heterocycles. The lowest BCUT2D eigenvalue weighted by Crippen LogP contribution is -2.12. The van der Waals surface area contributed by atoms with E-state index in [1.54, 1.807) is 6.20 Å². The lowest BCUT2D eigenvalue weighted by molar-refractivity contribution is 0.276. The molecule has 0 unspecified atom stereocenters. The maximum absolute atomic E-state index is 9.10. The zero-order valence-electron chi connectivity index (χ0n) is 10.1. The van der Waals surface area contributed by atoms with Crippen LogP contribution in [0.4, 0.5) is 0 Å². The molecule has 0 aromatic carbocycles. The van der Waals surface area contributed by atoms with Crippen molar-refractivity contribution in [3.63, 3.8) is 0 Å². The molecule has 1 aliphatic carbocycles. The highest BCUT2D eigenvalue weighted by molar-refractivity contribution is 5.70. The molecule has 1 aromatic heterocycles. The number of aryl methyl sites for hydroxylation is 1. The van der Waals surface area contributed by atoms with Crippen LogP contribution in [0, 0.1) is 12.3 Å². The predicted molar refractivity (Wildman–Crippen MR) is 63.7 cm³/mol. The van der Waals surface area contributed by atoms with Crippen molar-refractivity contribution in [2.75, 3.05) is 0 Å². The molecule has 0 bridgehead atoms. The minimum atomic E-state index is -0.0476. The number of nitrogens with zero attached hydrogens (tertiary/aromatic N) is 2. The van der Waals surface area contributed by atoms with Gasteiger partial charge in [-0.25, -0.2) is 4.98 Å². The van der Waals surface area contributed by atoms with Gasteiger partial charge in [-0.15, -0.1) is 0 Å². The normalized spacial score (nSPS) is 18.6. The maximum atomic E-state index is 9.10. The average Bonchev–Trinajstić information content (AvgIpc) is 2.59. The van der Waals surface area contributed by atoms with Gasteiger partial charge >= 0.3 is 0 Å². The van der Waals surface area contributed by atoms with E-state index in [1.807, 2.05) is 6.92 Å². The summed E-state index contributed by atoms with van der Waals surface area (Å²) in [5.74, 6) is 0. The molecule has 1 aromatic rings. The monoisotopic (exact) mass is 218 g/mol. The largest absolute Gasteiger partial charge is 0.390 e. The van der Waals surface area contributed by atoms with Crippen LogP contribution >= 0.6 is 0 Å². The highest BCUT2D eigenvalue weighted by Crippen LogP contribution is 2.43. The summed E-state index contributed by atoms with van der Waals surface area (Å²) in [6.07, 6.45) is 6.15. The third kappa shape index (κ3) is 1.87. The molecule has 0 radical (unpaired) electrons. The summed E-state index contributed by atoms with van der Waals surface area (Å²) in [5.41, 5.74) is 3.98. The second kappa shape index (κ2) is 3.98. The molecule has 1 heterocycles. The van der Waals surface area contributed by atoms with Crippen LogP contribution in [0.5, 0.6) is 0 Å². The van der Waals surface area contributed by atoms with Crippen LogP contribution in [0.15, 0.2) is 12.3 Å². The van der Waals surface area contributed by atoms with Crippen molar-refractivity contribution in [1.82, 2.24) is 9.97 Å². The fourth-order valence-corrected chi connectivity index (χ4v) is 2.22. The minimum absolute atomic E-state index is 0.0476. The number of hydrogen-bond donors (Lipinski definition) is 1. The van der Waals surface area contributed by atoms with Gasteiger partial charge in [-0.2, -0.15) is 0 Å². The highest BCUT2D eigenvalue weighted by atomic mass is 16.3. The number of aliphatic hydroxyl groups is 1. The highest BCUT2D eigenvalue weighted by Gasteiger charge is 2.30. The minimum Gasteiger partial charge on any atom is -0.390 e. The second-order valence-corrected chi connectivity index (χ2v) is 4.99. The van der Waals surface area contributed by atoms with E-state index in [1.165, 1.54) is 5.57 Å². The lowest BCUT2D eigenvalue weighted by atomic mass is 9.83. The van der Waals surface area contributed by atoms with E-state index in [0.29, 0.717) is 5.69 Å². The molecule has 0 spiro atoms. The molecule has 0 saturated carbocycles. The van der Waals surface area contributed by atoms with E-state index >= 15 is 0 Å². The first-order valence-electron chi connectivity index (χ1n) is 5.69. The summed E-state index contributed by atoms with van der Waals surface area (Å²) in [5, 5.41) is 9.10. The summed E-state index contributed by atoms with van der Waals surface area (Å²) in [7, 11) is 0. The second-order valence-electron chi connectivity index (χ2n) is 4.99. The summed E-state index contributed by atoms with van der Waals surface area (Å²) in [6.45, 7) is 6.39. The summed E-state index contributed by atoms with van der Waals surface area (Å²) < 4.78 is 0. The SMILES string of the molecule is Cc1ncc(CO)nc1C1=CCCC1(C)C. The van der Waals surface area contributed by atoms with Crippen LogP contribution in [-0.2, 0) is 6.61 Å². The number of aliphatic hydroxyl groups excluding tert-OH is 1. The first-order chi connectivity index (χ1) is 7.54. The fraction of sp³-hybridized carbons (Fsp3) is 0.538. The van der Waals surface area contributed by atoms with Gasteiger partial charge in [0.2, 0.25) is 0 Å². The molecule has 0 fully saturated rings. The molecular weight excluding hydrogens is 200 g/mol. The number of allylic oxidation sites excluding steroid dienone is 2. The van der Waals surface area contributed by atoms with E-state index in [2.05, 4.69) is 29.9 Å². The third-order valence-corrected chi connectivity index (χ3v) is 3.27. The molecule has 1 aliphatic rings. The Kier molecular flexibility index (Phi) is 2.80. The number of aromatic nitrogens is 2. The first-order valence-corrected chi connectivity index (χ1v) is 5.69. The molecule has 3 nitrogen and oxygen atoms in total. The Balaban J connectivity index is 2.47. The van der Waals surface area contributed by atoms with Crippen molar-refractivity contribution < 1.29 is 5.11 Å². The maximum Gasteiger partial charge on any atom is 0.0880 e. The smallest absolute Gasteiger partial charge is 0.0880 e. The van der Waals surface area contributed by atoms with Crippen LogP contribution in [0.2, 0.25) is 0 Å². The van der Waals surface area contributed by atoms with Gasteiger partial charge in [0.15, 0.2) is 0 Å². The van der Waals surface area contributed by atoms with Crippen molar-refractivity contribution >= 4 is 5.57 Å². The van der Waals surface area contributed by atoms with E-state index < -0.39 is 0 Å². The van der Waals surface area contributed by atoms with Crippen molar-refractivity contribution in [1.29, 1.82) is 0 Å². The van der Waals surface area contributed by atoms with E-state index in [0.717, 1.165) is 24.2 Å². The van der Waals surface area contributed by atoms with E-state index in [4.69, 9.17) is 5.11 Å². The third-order valence-electron chi connectivity index (χ3n) is 3.27. The lowest BCUT2D eigenvalue weighted by Gasteiger charge is -2.23. The van der Waals surface area contributed by atoms with Crippen LogP contribution in [0.3, 0.4) is 0 Å². The Morgan fingerprint density at radius 3 is 2.75 bits per heavy atom. The van der Waals surface area contributed by atoms with E-state index in [-0.39, 0.29) is 12.0 Å². The average molecular weight is 218 g/mol. The molecule has 1 N–H and O–H groups in total. The zero-order chi connectivity index (χ0) is 11.8. The van der Waals surface area contributed by atoms with E-state index in [9.17, 15) is 0 Å². The summed E-state index contributed by atoms with van der Waals surface area (Å²) in [6, 6.07) is 0. The van der Waals surface area contributed by atoms with Crippen LogP contribution < -0.4 is 0 Å². The molecule has 0 atom stereocenters. The van der Waals surface area contributed by atoms with Crippen molar-refractivity contribution in [2.24, 2.45) is 5.41 Å². The first kappa shape index (κ1) is 11.3. The zero-order valence-corrected chi connectivity index (χ0v) is 10.1. The molecule has 86 valence electrons. The van der Waals surface area contributed by atoms with Gasteiger partial charge in [-0.1, -0.05) is 19.9 Å². The molecule has 16 heavy (non-hydrogen) atoms. The standard InChI is InChI=1S/C13H18N2O/c1-9-12(15-10(8-16)7-14-9)11-5-4-6-13(11,2)3/h5,7,16H,4,6,8H2,1-3H3. The Hall–Kier alpha value is -1.22. The summed E-state index contributed by atoms with van der Waals surface area (Å²) in [4.78, 5) is 8.78. The van der Waals surface area contributed by atoms with Crippen LogP contribution in [-0.4, -0.2) is 15.1 Å². The van der Waals surface area contributed by atoms with Gasteiger partial charge in [-0.3, -0.25) is 4.98 Å². The van der Waals surface area contributed by atoms with Gasteiger partial charge in [0, 0.05) is 0 Å². The van der Waals surface area contributed by atoms with Crippen molar-refractivity contribution in [3.05, 3.63) is 29.4 Å². The molecule has 0 aliphatic heterocycles. The Labute approximate surface area is 96.3 Å². The molecule has 0 amide bonds. The predicted octanol–water partition coefficient (Wildman–Crippen LogP) is 2.48. The quantitative estimate of drug-likeness (QED) is 0.829. The Bertz CT molecular complexity index is 436. The van der Waals surface area contributed by atoms with Crippen LogP contribution in [0.25, 0.3) is 5.57 Å². The van der Waals surface area contributed by atoms with Gasteiger partial charge < -0.3 is 5.11 Å². The van der Waals surface area contributed by atoms with Gasteiger partial charge in [0.1, 0.15) is 0 Å². The molecular formula is C13H18N2O. The molecule has 2 rings (SSSR count). The van der Waals surface area contributed by atoms with Gasteiger partial charge in [-0.05, 0) is 30.8 Å². The fourth-order valence-electron chi connectivity index (χ4n) is 2.22. The summed E-state index contributed by atoms with van der Waals surface area (Å²) >= 11 is 0.